The molecule has 0 spiro atoms. The van der Waals surface area contributed by atoms with Gasteiger partial charge in [0.1, 0.15) is 0 Å². The number of hydrogen-bond donors (Lipinski definition) is 0. The molecule has 0 aromatic rings. The molecule has 0 heteroatoms. The molecule has 0 aromatic carbocycles. The number of hydrogen-bond acceptors (Lipinski definition) is 0. The Labute approximate surface area is 44.9 Å². The van der Waals surface area contributed by atoms with Crippen LogP contribution in [0.2, 0.25) is 0 Å². The first-order valence-electron chi connectivity index (χ1n) is 2.10. The SMILES string of the molecule is C#CCC#CC[CH2]. The summed E-state index contributed by atoms with van der Waals surface area (Å²) in [6.45, 7) is 3.52. The molecule has 0 amide bonds. The smallest absolute Gasteiger partial charge is 0.0700 e. The molecular weight excluding hydrogens is 84.1 g/mol. The molecule has 0 N–H and O–H groups in total. The standard InChI is InChI=1S/C7H7/c1-3-5-7-6-4-2/h1H,2,4-5H2. The van der Waals surface area contributed by atoms with Crippen molar-refractivity contribution in [2.45, 2.75) is 12.8 Å². The van der Waals surface area contributed by atoms with E-state index in [1.165, 1.54) is 0 Å². The summed E-state index contributed by atoms with van der Waals surface area (Å²) in [4.78, 5) is 0. The van der Waals surface area contributed by atoms with E-state index in [0.29, 0.717) is 12.8 Å². The van der Waals surface area contributed by atoms with E-state index in [0.717, 1.165) is 0 Å². The van der Waals surface area contributed by atoms with Crippen LogP contribution in [0.4, 0.5) is 0 Å². The molecule has 0 heterocycles. The van der Waals surface area contributed by atoms with E-state index in [2.05, 4.69) is 24.7 Å². The molecule has 35 valence electrons. The highest BCUT2D eigenvalue weighted by atomic mass is 13.6. The van der Waals surface area contributed by atoms with Gasteiger partial charge in [0.2, 0.25) is 0 Å². The minimum Gasteiger partial charge on any atom is -0.119 e. The molecule has 0 fully saturated rings. The van der Waals surface area contributed by atoms with Gasteiger partial charge in [0.05, 0.1) is 6.42 Å². The second kappa shape index (κ2) is 5.12. The van der Waals surface area contributed by atoms with Gasteiger partial charge in [-0.2, -0.15) is 0 Å². The van der Waals surface area contributed by atoms with Gasteiger partial charge in [0, 0.05) is 6.42 Å². The van der Waals surface area contributed by atoms with Crippen molar-refractivity contribution in [3.8, 4) is 24.2 Å². The van der Waals surface area contributed by atoms with Gasteiger partial charge in [0.25, 0.3) is 0 Å². The average Bonchev–Trinajstić information content (AvgIpc) is 1.69. The van der Waals surface area contributed by atoms with Crippen LogP contribution < -0.4 is 0 Å². The van der Waals surface area contributed by atoms with E-state index in [4.69, 9.17) is 6.42 Å². The van der Waals surface area contributed by atoms with E-state index in [9.17, 15) is 0 Å². The Morgan fingerprint density at radius 1 is 1.43 bits per heavy atom. The van der Waals surface area contributed by atoms with Gasteiger partial charge < -0.3 is 0 Å². The molecule has 0 aliphatic carbocycles. The lowest BCUT2D eigenvalue weighted by atomic mass is 10.4. The third-order valence-corrected chi connectivity index (χ3v) is 0.440. The summed E-state index contributed by atoms with van der Waals surface area (Å²) < 4.78 is 0. The molecule has 0 unspecified atom stereocenters. The van der Waals surface area contributed by atoms with Crippen molar-refractivity contribution in [2.24, 2.45) is 0 Å². The van der Waals surface area contributed by atoms with Crippen LogP contribution in [0.25, 0.3) is 0 Å². The molecular formula is C7H7. The summed E-state index contributed by atoms with van der Waals surface area (Å²) in [6.07, 6.45) is 6.10. The van der Waals surface area contributed by atoms with E-state index in [1.807, 2.05) is 0 Å². The molecule has 0 saturated heterocycles. The van der Waals surface area contributed by atoms with Crippen LogP contribution in [0.3, 0.4) is 0 Å². The van der Waals surface area contributed by atoms with Crippen molar-refractivity contribution < 1.29 is 0 Å². The minimum atomic E-state index is 0.551. The highest BCUT2D eigenvalue weighted by Crippen LogP contribution is 1.69. The van der Waals surface area contributed by atoms with Gasteiger partial charge in [-0.15, -0.1) is 12.3 Å². The summed E-state index contributed by atoms with van der Waals surface area (Å²) in [6, 6.07) is 0. The van der Waals surface area contributed by atoms with Crippen molar-refractivity contribution in [3.05, 3.63) is 6.92 Å². The van der Waals surface area contributed by atoms with Gasteiger partial charge in [-0.05, 0) is 6.92 Å². The Morgan fingerprint density at radius 3 is 2.57 bits per heavy atom. The molecule has 1 radical (unpaired) electrons. The normalized spacial score (nSPS) is 5.71. The summed E-state index contributed by atoms with van der Waals surface area (Å²) >= 11 is 0. The summed E-state index contributed by atoms with van der Waals surface area (Å²) in [5.41, 5.74) is 0. The van der Waals surface area contributed by atoms with Gasteiger partial charge in [-0.25, -0.2) is 0 Å². The molecule has 0 saturated carbocycles. The number of terminal acetylenes is 1. The number of rotatable bonds is 0. The first kappa shape index (κ1) is 6.12. The lowest BCUT2D eigenvalue weighted by molar-refractivity contribution is 1.45. The topological polar surface area (TPSA) is 0 Å². The molecule has 0 aliphatic rings. The fourth-order valence-corrected chi connectivity index (χ4v) is 0.202. The summed E-state index contributed by atoms with van der Waals surface area (Å²) in [7, 11) is 0. The van der Waals surface area contributed by atoms with Crippen molar-refractivity contribution in [1.82, 2.24) is 0 Å². The zero-order valence-corrected chi connectivity index (χ0v) is 4.20. The van der Waals surface area contributed by atoms with E-state index < -0.39 is 0 Å². The Hall–Kier alpha value is -0.880. The summed E-state index contributed by atoms with van der Waals surface area (Å²) in [5.74, 6) is 7.88. The molecule has 7 heavy (non-hydrogen) atoms. The third-order valence-electron chi connectivity index (χ3n) is 0.440. The Kier molecular flexibility index (Phi) is 4.48. The molecule has 0 aliphatic heterocycles. The summed E-state index contributed by atoms with van der Waals surface area (Å²) in [5, 5.41) is 0. The fourth-order valence-electron chi connectivity index (χ4n) is 0.202. The Morgan fingerprint density at radius 2 is 2.14 bits per heavy atom. The van der Waals surface area contributed by atoms with Crippen molar-refractivity contribution in [3.63, 3.8) is 0 Å². The first-order valence-corrected chi connectivity index (χ1v) is 2.10. The highest BCUT2D eigenvalue weighted by Gasteiger charge is 1.59. The van der Waals surface area contributed by atoms with Crippen LogP contribution in [0.5, 0.6) is 0 Å². The molecule has 0 rings (SSSR count). The van der Waals surface area contributed by atoms with Crippen LogP contribution in [0.15, 0.2) is 0 Å². The molecule has 0 atom stereocenters. The van der Waals surface area contributed by atoms with Crippen LogP contribution in [0, 0.1) is 31.1 Å². The van der Waals surface area contributed by atoms with Crippen molar-refractivity contribution in [1.29, 1.82) is 0 Å². The van der Waals surface area contributed by atoms with Gasteiger partial charge in [-0.3, -0.25) is 0 Å². The predicted octanol–water partition coefficient (Wildman–Crippen LogP) is 1.24. The van der Waals surface area contributed by atoms with Crippen molar-refractivity contribution in [2.75, 3.05) is 0 Å². The van der Waals surface area contributed by atoms with Gasteiger partial charge >= 0.3 is 0 Å². The zero-order valence-electron chi connectivity index (χ0n) is 4.20. The lowest BCUT2D eigenvalue weighted by Gasteiger charge is -1.66. The fraction of sp³-hybridized carbons (Fsp3) is 0.286. The van der Waals surface area contributed by atoms with Crippen molar-refractivity contribution >= 4 is 0 Å². The molecule has 0 bridgehead atoms. The second-order valence-electron chi connectivity index (χ2n) is 0.984. The van der Waals surface area contributed by atoms with Crippen LogP contribution in [-0.2, 0) is 0 Å². The average molecular weight is 91.1 g/mol. The zero-order chi connectivity index (χ0) is 5.54. The van der Waals surface area contributed by atoms with Gasteiger partial charge in [-0.1, -0.05) is 11.8 Å². The second-order valence-corrected chi connectivity index (χ2v) is 0.984. The van der Waals surface area contributed by atoms with Crippen LogP contribution >= 0.6 is 0 Å². The van der Waals surface area contributed by atoms with Crippen LogP contribution in [0.1, 0.15) is 12.8 Å². The van der Waals surface area contributed by atoms with Crippen LogP contribution in [-0.4, -0.2) is 0 Å². The maximum atomic E-state index is 4.90. The quantitative estimate of drug-likeness (QED) is 0.393. The first-order chi connectivity index (χ1) is 3.41. The molecule has 0 nitrogen and oxygen atoms in total. The van der Waals surface area contributed by atoms with Gasteiger partial charge in [0.15, 0.2) is 0 Å². The Bertz CT molecular complexity index is 115. The Balaban J connectivity index is 3.12. The van der Waals surface area contributed by atoms with E-state index in [-0.39, 0.29) is 0 Å². The van der Waals surface area contributed by atoms with E-state index >= 15 is 0 Å². The monoisotopic (exact) mass is 91.1 g/mol. The third kappa shape index (κ3) is 5.12. The van der Waals surface area contributed by atoms with E-state index in [1.54, 1.807) is 0 Å². The largest absolute Gasteiger partial charge is 0.119 e. The molecule has 0 aromatic heterocycles. The maximum absolute atomic E-state index is 4.90. The maximum Gasteiger partial charge on any atom is 0.0700 e. The highest BCUT2D eigenvalue weighted by molar-refractivity contribution is 5.07. The minimum absolute atomic E-state index is 0.551. The lowest BCUT2D eigenvalue weighted by Crippen LogP contribution is -1.56. The predicted molar refractivity (Wildman–Crippen MR) is 31.2 cm³/mol.